The Balaban J connectivity index is 1.84. The van der Waals surface area contributed by atoms with E-state index < -0.39 is 5.91 Å². The molecule has 3 aromatic rings. The number of carbonyl (C=O) groups is 2. The van der Waals surface area contributed by atoms with E-state index in [1.54, 1.807) is 43.5 Å². The number of primary amides is 1. The lowest BCUT2D eigenvalue weighted by Gasteiger charge is -2.11. The van der Waals surface area contributed by atoms with E-state index in [0.717, 1.165) is 5.56 Å². The zero-order valence-corrected chi connectivity index (χ0v) is 15.8. The third kappa shape index (κ3) is 3.57. The van der Waals surface area contributed by atoms with Gasteiger partial charge in [0.2, 0.25) is 5.91 Å². The molecule has 0 unspecified atom stereocenters. The van der Waals surface area contributed by atoms with Gasteiger partial charge in [0.05, 0.1) is 26.8 Å². The Morgan fingerprint density at radius 2 is 1.68 bits per heavy atom. The molecule has 0 bridgehead atoms. The lowest BCUT2D eigenvalue weighted by molar-refractivity contribution is 0.0945. The highest BCUT2D eigenvalue weighted by molar-refractivity contribution is 6.02. The highest BCUT2D eigenvalue weighted by Crippen LogP contribution is 2.41. The molecule has 1 heterocycles. The molecule has 3 rings (SSSR count). The topological polar surface area (TPSA) is 116 Å². The molecule has 8 nitrogen and oxygen atoms in total. The van der Waals surface area contributed by atoms with Gasteiger partial charge in [-0.2, -0.15) is 0 Å². The fraction of sp³-hybridized carbons (Fsp3) is 0.200. The number of nitrogens with two attached hydrogens (primary N) is 1. The molecule has 2 amide bonds. The van der Waals surface area contributed by atoms with Crippen LogP contribution in [0.4, 0.5) is 0 Å². The van der Waals surface area contributed by atoms with Gasteiger partial charge in [-0.05, 0) is 23.8 Å². The van der Waals surface area contributed by atoms with Crippen LogP contribution in [0.2, 0.25) is 0 Å². The second-order valence-electron chi connectivity index (χ2n) is 6.03. The van der Waals surface area contributed by atoms with Crippen LogP contribution < -0.4 is 25.3 Å². The van der Waals surface area contributed by atoms with Gasteiger partial charge in [-0.3, -0.25) is 9.59 Å². The molecular weight excluding hydrogens is 362 g/mol. The second-order valence-corrected chi connectivity index (χ2v) is 6.03. The van der Waals surface area contributed by atoms with Crippen LogP contribution in [0.5, 0.6) is 17.2 Å². The van der Waals surface area contributed by atoms with E-state index in [9.17, 15) is 9.59 Å². The number of ether oxygens (including phenoxy) is 3. The van der Waals surface area contributed by atoms with E-state index >= 15 is 0 Å². The summed E-state index contributed by atoms with van der Waals surface area (Å²) in [6, 6.07) is 10.1. The number of H-pyrrole nitrogens is 1. The molecule has 0 aliphatic heterocycles. The van der Waals surface area contributed by atoms with Crippen molar-refractivity contribution < 1.29 is 23.8 Å². The van der Waals surface area contributed by atoms with Crippen molar-refractivity contribution in [1.82, 2.24) is 10.3 Å². The molecule has 0 atom stereocenters. The van der Waals surface area contributed by atoms with Crippen LogP contribution in [0.1, 0.15) is 26.4 Å². The average Bonchev–Trinajstić information content (AvgIpc) is 3.16. The van der Waals surface area contributed by atoms with E-state index in [1.807, 2.05) is 0 Å². The van der Waals surface area contributed by atoms with Crippen molar-refractivity contribution in [2.24, 2.45) is 5.73 Å². The maximum atomic E-state index is 12.6. The summed E-state index contributed by atoms with van der Waals surface area (Å²) < 4.78 is 16.1. The van der Waals surface area contributed by atoms with Crippen LogP contribution >= 0.6 is 0 Å². The number of aromatic nitrogens is 1. The highest BCUT2D eigenvalue weighted by atomic mass is 16.5. The number of hydrogen-bond acceptors (Lipinski definition) is 5. The molecule has 146 valence electrons. The van der Waals surface area contributed by atoms with E-state index in [1.165, 1.54) is 14.2 Å². The molecule has 0 aliphatic rings. The maximum absolute atomic E-state index is 12.6. The van der Waals surface area contributed by atoms with Crippen LogP contribution in [0, 0.1) is 0 Å². The number of benzene rings is 2. The van der Waals surface area contributed by atoms with Crippen molar-refractivity contribution in [3.8, 4) is 17.2 Å². The molecule has 28 heavy (non-hydrogen) atoms. The molecule has 0 fully saturated rings. The molecule has 1 aromatic heterocycles. The lowest BCUT2D eigenvalue weighted by Crippen LogP contribution is -2.23. The van der Waals surface area contributed by atoms with Crippen molar-refractivity contribution in [1.29, 1.82) is 0 Å². The molecule has 8 heteroatoms. The summed E-state index contributed by atoms with van der Waals surface area (Å²) in [6.07, 6.45) is 0. The first kappa shape index (κ1) is 19.1. The highest BCUT2D eigenvalue weighted by Gasteiger charge is 2.19. The molecule has 0 aliphatic carbocycles. The van der Waals surface area contributed by atoms with Gasteiger partial charge in [0.25, 0.3) is 5.91 Å². The van der Waals surface area contributed by atoms with Gasteiger partial charge in [0.15, 0.2) is 11.5 Å². The number of methoxy groups -OCH3 is 3. The zero-order valence-electron chi connectivity index (χ0n) is 15.8. The Bertz CT molecular complexity index is 1020. The fourth-order valence-corrected chi connectivity index (χ4v) is 2.92. The Morgan fingerprint density at radius 3 is 2.25 bits per heavy atom. The first-order chi connectivity index (χ1) is 13.5. The summed E-state index contributed by atoms with van der Waals surface area (Å²) in [6.45, 7) is 0.296. The summed E-state index contributed by atoms with van der Waals surface area (Å²) in [4.78, 5) is 26.8. The van der Waals surface area contributed by atoms with Gasteiger partial charge in [0.1, 0.15) is 11.4 Å². The summed E-state index contributed by atoms with van der Waals surface area (Å²) >= 11 is 0. The fourth-order valence-electron chi connectivity index (χ4n) is 2.92. The molecule has 4 N–H and O–H groups in total. The normalized spacial score (nSPS) is 10.5. The van der Waals surface area contributed by atoms with E-state index in [0.29, 0.717) is 46.0 Å². The number of fused-ring (bicyclic) bond motifs is 1. The minimum atomic E-state index is -0.494. The molecule has 2 aromatic carbocycles. The minimum absolute atomic E-state index is 0.293. The van der Waals surface area contributed by atoms with E-state index in [2.05, 4.69) is 10.3 Å². The van der Waals surface area contributed by atoms with Gasteiger partial charge in [-0.25, -0.2) is 0 Å². The number of aromatic amines is 1. The first-order valence-electron chi connectivity index (χ1n) is 8.47. The van der Waals surface area contributed by atoms with Crippen LogP contribution in [0.25, 0.3) is 10.9 Å². The number of carbonyl (C=O) groups excluding carboxylic acids is 2. The smallest absolute Gasteiger partial charge is 0.268 e. The van der Waals surface area contributed by atoms with E-state index in [-0.39, 0.29) is 5.91 Å². The molecule has 0 saturated carbocycles. The van der Waals surface area contributed by atoms with Gasteiger partial charge in [-0.15, -0.1) is 0 Å². The Labute approximate surface area is 161 Å². The van der Waals surface area contributed by atoms with Gasteiger partial charge < -0.3 is 30.2 Å². The minimum Gasteiger partial charge on any atom is -0.496 e. The summed E-state index contributed by atoms with van der Waals surface area (Å²) in [5, 5.41) is 3.53. The zero-order chi connectivity index (χ0) is 20.3. The van der Waals surface area contributed by atoms with Crippen LogP contribution in [-0.4, -0.2) is 38.1 Å². The largest absolute Gasteiger partial charge is 0.496 e. The maximum Gasteiger partial charge on any atom is 0.268 e. The second kappa shape index (κ2) is 7.91. The predicted octanol–water partition coefficient (Wildman–Crippen LogP) is 2.22. The third-order valence-corrected chi connectivity index (χ3v) is 4.38. The van der Waals surface area contributed by atoms with E-state index in [4.69, 9.17) is 19.9 Å². The average molecular weight is 383 g/mol. The SMILES string of the molecule is COc1cc(OC)c2cc(C(=O)NCc3ccc(C(N)=O)cc3)[nH]c2c1OC. The number of amides is 2. The van der Waals surface area contributed by atoms with Crippen LogP contribution in [0.3, 0.4) is 0 Å². The number of rotatable bonds is 7. The number of hydrogen-bond donors (Lipinski definition) is 3. The lowest BCUT2D eigenvalue weighted by atomic mass is 10.1. The molecule has 0 saturated heterocycles. The monoisotopic (exact) mass is 383 g/mol. The summed E-state index contributed by atoms with van der Waals surface area (Å²) in [5.41, 5.74) is 7.44. The van der Waals surface area contributed by atoms with Crippen LogP contribution in [0.15, 0.2) is 36.4 Å². The predicted molar refractivity (Wildman–Crippen MR) is 104 cm³/mol. The van der Waals surface area contributed by atoms with Gasteiger partial charge in [0, 0.05) is 23.6 Å². The van der Waals surface area contributed by atoms with Crippen molar-refractivity contribution in [3.63, 3.8) is 0 Å². The summed E-state index contributed by atoms with van der Waals surface area (Å²) in [5.74, 6) is 0.754. The quantitative estimate of drug-likeness (QED) is 0.579. The Kier molecular flexibility index (Phi) is 5.39. The van der Waals surface area contributed by atoms with Gasteiger partial charge >= 0.3 is 0 Å². The molecule has 0 spiro atoms. The van der Waals surface area contributed by atoms with Crippen molar-refractivity contribution >= 4 is 22.7 Å². The molecule has 0 radical (unpaired) electrons. The van der Waals surface area contributed by atoms with Crippen molar-refractivity contribution in [3.05, 3.63) is 53.2 Å². The third-order valence-electron chi connectivity index (χ3n) is 4.38. The summed E-state index contributed by atoms with van der Waals surface area (Å²) in [7, 11) is 4.60. The molecular formula is C20H21N3O5. The van der Waals surface area contributed by atoms with Crippen LogP contribution in [-0.2, 0) is 6.54 Å². The van der Waals surface area contributed by atoms with Crippen molar-refractivity contribution in [2.45, 2.75) is 6.54 Å². The standard InChI is InChI=1S/C20H21N3O5/c1-26-15-9-16(27-2)18(28-3)17-13(15)8-14(23-17)20(25)22-10-11-4-6-12(7-5-11)19(21)24/h4-9,23H,10H2,1-3H3,(H2,21,24)(H,22,25). The Hall–Kier alpha value is -3.68. The first-order valence-corrected chi connectivity index (χ1v) is 8.47. The van der Waals surface area contributed by atoms with Crippen molar-refractivity contribution in [2.75, 3.05) is 21.3 Å². The van der Waals surface area contributed by atoms with Gasteiger partial charge in [-0.1, -0.05) is 12.1 Å². The number of nitrogens with one attached hydrogen (secondary N) is 2. The Morgan fingerprint density at radius 1 is 1.00 bits per heavy atom.